The normalized spacial score (nSPS) is 10.4. The minimum atomic E-state index is -0.0273. The van der Waals surface area contributed by atoms with Crippen molar-refractivity contribution in [1.82, 2.24) is 25.1 Å². The fraction of sp³-hybridized carbons (Fsp3) is 0.333. The van der Waals surface area contributed by atoms with E-state index in [1.807, 2.05) is 24.3 Å². The van der Waals surface area contributed by atoms with E-state index < -0.39 is 0 Å². The van der Waals surface area contributed by atoms with Crippen molar-refractivity contribution in [2.75, 3.05) is 20.2 Å². The molecule has 7 nitrogen and oxygen atoms in total. The van der Waals surface area contributed by atoms with Crippen molar-refractivity contribution in [3.05, 3.63) is 36.2 Å². The first-order valence-corrected chi connectivity index (χ1v) is 5.88. The van der Waals surface area contributed by atoms with Gasteiger partial charge in [-0.05, 0) is 28.1 Å². The average Bonchev–Trinajstić information content (AvgIpc) is 2.94. The van der Waals surface area contributed by atoms with Gasteiger partial charge in [-0.3, -0.25) is 4.79 Å². The maximum atomic E-state index is 11.8. The molecule has 0 spiro atoms. The first-order chi connectivity index (χ1) is 9.20. The van der Waals surface area contributed by atoms with Gasteiger partial charge in [-0.25, -0.2) is 4.68 Å². The molecule has 0 bridgehead atoms. The van der Waals surface area contributed by atoms with Gasteiger partial charge in [-0.15, -0.1) is 5.10 Å². The van der Waals surface area contributed by atoms with Crippen LogP contribution in [-0.4, -0.2) is 56.3 Å². The zero-order valence-corrected chi connectivity index (χ0v) is 10.6. The lowest BCUT2D eigenvalue weighted by molar-refractivity contribution is -0.129. The van der Waals surface area contributed by atoms with Gasteiger partial charge in [0.1, 0.15) is 6.33 Å². The van der Waals surface area contributed by atoms with Crippen LogP contribution in [0.25, 0.3) is 5.69 Å². The number of carbonyl (C=O) groups excluding carboxylic acids is 1. The van der Waals surface area contributed by atoms with E-state index in [1.54, 1.807) is 11.7 Å². The maximum absolute atomic E-state index is 11.8. The van der Waals surface area contributed by atoms with Crippen molar-refractivity contribution in [2.45, 2.75) is 6.42 Å². The number of hydrogen-bond acceptors (Lipinski definition) is 5. The number of benzene rings is 1. The molecule has 1 N–H and O–H groups in total. The van der Waals surface area contributed by atoms with Gasteiger partial charge >= 0.3 is 0 Å². The fourth-order valence-corrected chi connectivity index (χ4v) is 1.63. The highest BCUT2D eigenvalue weighted by molar-refractivity contribution is 5.78. The first-order valence-electron chi connectivity index (χ1n) is 5.88. The summed E-state index contributed by atoms with van der Waals surface area (Å²) in [7, 11) is 1.67. The molecule has 0 radical (unpaired) electrons. The van der Waals surface area contributed by atoms with Crippen molar-refractivity contribution in [3.8, 4) is 5.69 Å². The first kappa shape index (κ1) is 13.2. The number of rotatable bonds is 5. The van der Waals surface area contributed by atoms with Crippen LogP contribution in [0.2, 0.25) is 0 Å². The predicted molar refractivity (Wildman–Crippen MR) is 67.6 cm³/mol. The number of nitrogens with zero attached hydrogens (tertiary/aromatic N) is 5. The van der Waals surface area contributed by atoms with Gasteiger partial charge in [0.05, 0.1) is 18.7 Å². The molecule has 1 amide bonds. The number of aliphatic hydroxyl groups is 1. The Morgan fingerprint density at radius 1 is 1.37 bits per heavy atom. The van der Waals surface area contributed by atoms with Crippen LogP contribution in [0.5, 0.6) is 0 Å². The van der Waals surface area contributed by atoms with E-state index in [0.717, 1.165) is 11.3 Å². The van der Waals surface area contributed by atoms with E-state index in [-0.39, 0.29) is 12.5 Å². The van der Waals surface area contributed by atoms with E-state index in [9.17, 15) is 4.79 Å². The lowest BCUT2D eigenvalue weighted by Gasteiger charge is -2.15. The minimum Gasteiger partial charge on any atom is -0.395 e. The summed E-state index contributed by atoms with van der Waals surface area (Å²) < 4.78 is 1.55. The third kappa shape index (κ3) is 3.35. The number of carbonyl (C=O) groups is 1. The van der Waals surface area contributed by atoms with Gasteiger partial charge in [0, 0.05) is 13.6 Å². The van der Waals surface area contributed by atoms with Crippen LogP contribution in [0.4, 0.5) is 0 Å². The molecule has 0 aliphatic carbocycles. The van der Waals surface area contributed by atoms with E-state index >= 15 is 0 Å². The molecule has 2 aromatic rings. The molecule has 0 aliphatic rings. The molecule has 100 valence electrons. The van der Waals surface area contributed by atoms with Crippen molar-refractivity contribution >= 4 is 5.91 Å². The second-order valence-electron chi connectivity index (χ2n) is 4.14. The Labute approximate surface area is 110 Å². The zero-order valence-electron chi connectivity index (χ0n) is 10.6. The van der Waals surface area contributed by atoms with Crippen LogP contribution in [-0.2, 0) is 11.2 Å². The summed E-state index contributed by atoms with van der Waals surface area (Å²) in [4.78, 5) is 13.3. The molecular weight excluding hydrogens is 246 g/mol. The topological polar surface area (TPSA) is 84.1 Å². The standard InChI is InChI=1S/C12H15N5O2/c1-16(6-7-18)12(19)8-10-2-4-11(5-3-10)17-9-13-14-15-17/h2-5,9,18H,6-8H2,1H3. The Bertz CT molecular complexity index is 524. The summed E-state index contributed by atoms with van der Waals surface area (Å²) in [5, 5.41) is 19.7. The second-order valence-corrected chi connectivity index (χ2v) is 4.14. The molecule has 1 aromatic heterocycles. The van der Waals surface area contributed by atoms with Gasteiger partial charge < -0.3 is 10.0 Å². The number of tetrazole rings is 1. The minimum absolute atomic E-state index is 0.0239. The zero-order chi connectivity index (χ0) is 13.7. The van der Waals surface area contributed by atoms with E-state index in [0.29, 0.717) is 13.0 Å². The van der Waals surface area contributed by atoms with Crippen LogP contribution in [0, 0.1) is 0 Å². The summed E-state index contributed by atoms with van der Waals surface area (Å²) in [6.45, 7) is 0.321. The highest BCUT2D eigenvalue weighted by Crippen LogP contribution is 2.09. The molecule has 0 saturated heterocycles. The molecular formula is C12H15N5O2. The van der Waals surface area contributed by atoms with Crippen LogP contribution >= 0.6 is 0 Å². The van der Waals surface area contributed by atoms with E-state index in [2.05, 4.69) is 15.5 Å². The Hall–Kier alpha value is -2.28. The van der Waals surface area contributed by atoms with Gasteiger partial charge in [0.15, 0.2) is 0 Å². The fourth-order valence-electron chi connectivity index (χ4n) is 1.63. The molecule has 0 unspecified atom stereocenters. The molecule has 2 rings (SSSR count). The lowest BCUT2D eigenvalue weighted by atomic mass is 10.1. The number of amides is 1. The molecule has 19 heavy (non-hydrogen) atoms. The van der Waals surface area contributed by atoms with Crippen molar-refractivity contribution in [1.29, 1.82) is 0 Å². The van der Waals surface area contributed by atoms with Gasteiger partial charge in [0.2, 0.25) is 5.91 Å². The Morgan fingerprint density at radius 2 is 2.11 bits per heavy atom. The number of aromatic nitrogens is 4. The summed E-state index contributed by atoms with van der Waals surface area (Å²) in [5.74, 6) is -0.0239. The highest BCUT2D eigenvalue weighted by Gasteiger charge is 2.09. The monoisotopic (exact) mass is 261 g/mol. The number of aliphatic hydroxyl groups excluding tert-OH is 1. The summed E-state index contributed by atoms with van der Waals surface area (Å²) in [6, 6.07) is 7.43. The van der Waals surface area contributed by atoms with Crippen LogP contribution < -0.4 is 0 Å². The summed E-state index contributed by atoms with van der Waals surface area (Å²) in [5.41, 5.74) is 1.75. The lowest BCUT2D eigenvalue weighted by Crippen LogP contribution is -2.30. The van der Waals surface area contributed by atoms with Crippen LogP contribution in [0.15, 0.2) is 30.6 Å². The third-order valence-electron chi connectivity index (χ3n) is 2.77. The summed E-state index contributed by atoms with van der Waals surface area (Å²) >= 11 is 0. The van der Waals surface area contributed by atoms with Gasteiger partial charge in [0.25, 0.3) is 0 Å². The maximum Gasteiger partial charge on any atom is 0.226 e. The molecule has 1 aromatic carbocycles. The molecule has 0 atom stereocenters. The smallest absolute Gasteiger partial charge is 0.226 e. The van der Waals surface area contributed by atoms with Crippen molar-refractivity contribution in [2.24, 2.45) is 0 Å². The van der Waals surface area contributed by atoms with E-state index in [4.69, 9.17) is 5.11 Å². The van der Waals surface area contributed by atoms with Crippen LogP contribution in [0.1, 0.15) is 5.56 Å². The molecule has 1 heterocycles. The number of likely N-dealkylation sites (N-methyl/N-ethyl adjacent to an activating group) is 1. The molecule has 0 saturated carbocycles. The predicted octanol–water partition coefficient (Wildman–Crippen LogP) is -0.345. The Balaban J connectivity index is 2.01. The SMILES string of the molecule is CN(CCO)C(=O)Cc1ccc(-n2cnnn2)cc1. The highest BCUT2D eigenvalue weighted by atomic mass is 16.3. The average molecular weight is 261 g/mol. The van der Waals surface area contributed by atoms with Crippen LogP contribution in [0.3, 0.4) is 0 Å². The van der Waals surface area contributed by atoms with Crippen molar-refractivity contribution < 1.29 is 9.90 Å². The largest absolute Gasteiger partial charge is 0.395 e. The van der Waals surface area contributed by atoms with Crippen molar-refractivity contribution in [3.63, 3.8) is 0 Å². The van der Waals surface area contributed by atoms with Gasteiger partial charge in [-0.1, -0.05) is 12.1 Å². The van der Waals surface area contributed by atoms with Gasteiger partial charge in [-0.2, -0.15) is 0 Å². The molecule has 0 aliphatic heterocycles. The Kier molecular flexibility index (Phi) is 4.19. The second kappa shape index (κ2) is 6.05. The molecule has 0 fully saturated rings. The third-order valence-corrected chi connectivity index (χ3v) is 2.77. The molecule has 7 heteroatoms. The van der Waals surface area contributed by atoms with E-state index in [1.165, 1.54) is 11.2 Å². The Morgan fingerprint density at radius 3 is 2.68 bits per heavy atom. The number of hydrogen-bond donors (Lipinski definition) is 1. The summed E-state index contributed by atoms with van der Waals surface area (Å²) in [6.07, 6.45) is 1.82. The quantitative estimate of drug-likeness (QED) is 0.795.